The maximum atomic E-state index is 11.9. The van der Waals surface area contributed by atoms with E-state index in [2.05, 4.69) is 15.6 Å². The standard InChI is InChI=1S/C13H19N3OS/c1-2-14-11-3-4-12(15-8-11)13(17)16-7-10-5-6-18-9-10/h3-4,8,10,14H,2,5-7,9H2,1H3,(H,16,17). The van der Waals surface area contributed by atoms with Crippen LogP contribution in [-0.4, -0.2) is 35.5 Å². The summed E-state index contributed by atoms with van der Waals surface area (Å²) in [5.41, 5.74) is 1.43. The normalized spacial score (nSPS) is 18.6. The number of carbonyl (C=O) groups is 1. The molecule has 2 rings (SSSR count). The van der Waals surface area contributed by atoms with Crippen molar-refractivity contribution in [1.29, 1.82) is 0 Å². The minimum Gasteiger partial charge on any atom is -0.384 e. The van der Waals surface area contributed by atoms with Crippen molar-refractivity contribution in [1.82, 2.24) is 10.3 Å². The number of anilines is 1. The average Bonchev–Trinajstić information content (AvgIpc) is 2.90. The topological polar surface area (TPSA) is 54.0 Å². The van der Waals surface area contributed by atoms with Gasteiger partial charge in [0.25, 0.3) is 5.91 Å². The summed E-state index contributed by atoms with van der Waals surface area (Å²) < 4.78 is 0. The molecular weight excluding hydrogens is 246 g/mol. The van der Waals surface area contributed by atoms with Crippen LogP contribution in [0.15, 0.2) is 18.3 Å². The van der Waals surface area contributed by atoms with Gasteiger partial charge in [0.1, 0.15) is 5.69 Å². The minimum atomic E-state index is -0.0741. The van der Waals surface area contributed by atoms with Crippen molar-refractivity contribution in [2.45, 2.75) is 13.3 Å². The van der Waals surface area contributed by atoms with Crippen molar-refractivity contribution in [2.24, 2.45) is 5.92 Å². The molecule has 1 unspecified atom stereocenters. The van der Waals surface area contributed by atoms with Crippen LogP contribution in [-0.2, 0) is 0 Å². The number of thioether (sulfide) groups is 1. The molecule has 0 aromatic carbocycles. The van der Waals surface area contributed by atoms with E-state index in [1.165, 1.54) is 12.2 Å². The van der Waals surface area contributed by atoms with E-state index in [1.54, 1.807) is 12.3 Å². The lowest BCUT2D eigenvalue weighted by Crippen LogP contribution is -2.29. The smallest absolute Gasteiger partial charge is 0.269 e. The lowest BCUT2D eigenvalue weighted by molar-refractivity contribution is 0.0943. The SMILES string of the molecule is CCNc1ccc(C(=O)NCC2CCSC2)nc1. The quantitative estimate of drug-likeness (QED) is 0.855. The lowest BCUT2D eigenvalue weighted by atomic mass is 10.1. The predicted octanol–water partition coefficient (Wildman–Crippen LogP) is 2.00. The van der Waals surface area contributed by atoms with Gasteiger partial charge in [-0.15, -0.1) is 0 Å². The van der Waals surface area contributed by atoms with Gasteiger partial charge >= 0.3 is 0 Å². The number of nitrogens with one attached hydrogen (secondary N) is 2. The average molecular weight is 265 g/mol. The van der Waals surface area contributed by atoms with E-state index in [9.17, 15) is 4.79 Å². The number of rotatable bonds is 5. The summed E-state index contributed by atoms with van der Waals surface area (Å²) in [6, 6.07) is 3.65. The summed E-state index contributed by atoms with van der Waals surface area (Å²) >= 11 is 1.96. The van der Waals surface area contributed by atoms with Crippen molar-refractivity contribution >= 4 is 23.4 Å². The van der Waals surface area contributed by atoms with Crippen LogP contribution in [0.3, 0.4) is 0 Å². The van der Waals surface area contributed by atoms with Crippen molar-refractivity contribution in [3.63, 3.8) is 0 Å². The highest BCUT2D eigenvalue weighted by Gasteiger charge is 2.16. The van der Waals surface area contributed by atoms with Crippen LogP contribution in [0.2, 0.25) is 0 Å². The number of hydrogen-bond donors (Lipinski definition) is 2. The summed E-state index contributed by atoms with van der Waals surface area (Å²) in [6.07, 6.45) is 2.90. The Kier molecular flexibility index (Phi) is 4.87. The predicted molar refractivity (Wildman–Crippen MR) is 76.2 cm³/mol. The summed E-state index contributed by atoms with van der Waals surface area (Å²) in [5, 5.41) is 6.11. The first kappa shape index (κ1) is 13.2. The Morgan fingerprint density at radius 2 is 2.44 bits per heavy atom. The molecule has 1 atom stereocenters. The molecule has 5 heteroatoms. The Morgan fingerprint density at radius 3 is 3.06 bits per heavy atom. The molecule has 0 bridgehead atoms. The third kappa shape index (κ3) is 3.63. The van der Waals surface area contributed by atoms with Crippen LogP contribution in [0.5, 0.6) is 0 Å². The molecule has 1 aliphatic rings. The van der Waals surface area contributed by atoms with Gasteiger partial charge in [0.2, 0.25) is 0 Å². The molecule has 1 saturated heterocycles. The van der Waals surface area contributed by atoms with Gasteiger partial charge in [-0.3, -0.25) is 4.79 Å². The number of aromatic nitrogens is 1. The van der Waals surface area contributed by atoms with E-state index in [-0.39, 0.29) is 5.91 Å². The van der Waals surface area contributed by atoms with Gasteiger partial charge in [0, 0.05) is 13.1 Å². The van der Waals surface area contributed by atoms with Crippen LogP contribution < -0.4 is 10.6 Å². The Labute approximate surface area is 112 Å². The van der Waals surface area contributed by atoms with Crippen LogP contribution in [0, 0.1) is 5.92 Å². The summed E-state index contributed by atoms with van der Waals surface area (Å²) in [7, 11) is 0. The Balaban J connectivity index is 1.83. The van der Waals surface area contributed by atoms with Crippen LogP contribution in [0.4, 0.5) is 5.69 Å². The second-order valence-corrected chi connectivity index (χ2v) is 5.55. The zero-order valence-corrected chi connectivity index (χ0v) is 11.4. The van der Waals surface area contributed by atoms with Gasteiger partial charge in [-0.2, -0.15) is 11.8 Å². The van der Waals surface area contributed by atoms with E-state index >= 15 is 0 Å². The highest BCUT2D eigenvalue weighted by molar-refractivity contribution is 7.99. The zero-order valence-electron chi connectivity index (χ0n) is 10.6. The molecule has 0 saturated carbocycles. The van der Waals surface area contributed by atoms with E-state index in [0.717, 1.165) is 24.5 Å². The molecule has 0 spiro atoms. The highest BCUT2D eigenvalue weighted by atomic mass is 32.2. The number of carbonyl (C=O) groups excluding carboxylic acids is 1. The van der Waals surface area contributed by atoms with Gasteiger partial charge in [-0.05, 0) is 42.9 Å². The summed E-state index contributed by atoms with van der Waals surface area (Å²) in [5.74, 6) is 2.93. The second kappa shape index (κ2) is 6.64. The number of hydrogen-bond acceptors (Lipinski definition) is 4. The summed E-state index contributed by atoms with van der Waals surface area (Å²) in [4.78, 5) is 16.0. The van der Waals surface area contributed by atoms with Gasteiger partial charge in [-0.1, -0.05) is 0 Å². The third-order valence-electron chi connectivity index (χ3n) is 2.95. The van der Waals surface area contributed by atoms with Crippen LogP contribution in [0.1, 0.15) is 23.8 Å². The third-order valence-corrected chi connectivity index (χ3v) is 4.18. The fraction of sp³-hybridized carbons (Fsp3) is 0.538. The Hall–Kier alpha value is -1.23. The van der Waals surface area contributed by atoms with E-state index in [0.29, 0.717) is 11.6 Å². The lowest BCUT2D eigenvalue weighted by Gasteiger charge is -2.10. The molecule has 4 nitrogen and oxygen atoms in total. The first-order chi connectivity index (χ1) is 8.79. The van der Waals surface area contributed by atoms with E-state index in [1.807, 2.05) is 24.8 Å². The highest BCUT2D eigenvalue weighted by Crippen LogP contribution is 2.22. The molecule has 1 aromatic heterocycles. The van der Waals surface area contributed by atoms with Crippen molar-refractivity contribution in [2.75, 3.05) is 29.9 Å². The first-order valence-electron chi connectivity index (χ1n) is 6.35. The van der Waals surface area contributed by atoms with Crippen molar-refractivity contribution < 1.29 is 4.79 Å². The fourth-order valence-electron chi connectivity index (χ4n) is 1.91. The van der Waals surface area contributed by atoms with Crippen molar-refractivity contribution in [3.05, 3.63) is 24.0 Å². The van der Waals surface area contributed by atoms with Crippen LogP contribution >= 0.6 is 11.8 Å². The molecule has 1 aromatic rings. The molecule has 98 valence electrons. The van der Waals surface area contributed by atoms with Crippen LogP contribution in [0.25, 0.3) is 0 Å². The maximum absolute atomic E-state index is 11.9. The Morgan fingerprint density at radius 1 is 1.56 bits per heavy atom. The fourth-order valence-corrected chi connectivity index (χ4v) is 3.19. The van der Waals surface area contributed by atoms with Gasteiger partial charge in [0.05, 0.1) is 11.9 Å². The second-order valence-electron chi connectivity index (χ2n) is 4.40. The number of pyridine rings is 1. The molecule has 0 radical (unpaired) electrons. The minimum absolute atomic E-state index is 0.0741. The molecule has 0 aliphatic carbocycles. The molecule has 1 fully saturated rings. The molecule has 1 amide bonds. The molecular formula is C13H19N3OS. The maximum Gasteiger partial charge on any atom is 0.269 e. The monoisotopic (exact) mass is 265 g/mol. The van der Waals surface area contributed by atoms with E-state index < -0.39 is 0 Å². The largest absolute Gasteiger partial charge is 0.384 e. The number of nitrogens with zero attached hydrogens (tertiary/aromatic N) is 1. The van der Waals surface area contributed by atoms with Gasteiger partial charge in [-0.25, -0.2) is 4.98 Å². The molecule has 2 N–H and O–H groups in total. The Bertz CT molecular complexity index is 388. The first-order valence-corrected chi connectivity index (χ1v) is 7.51. The van der Waals surface area contributed by atoms with Crippen molar-refractivity contribution in [3.8, 4) is 0 Å². The molecule has 2 heterocycles. The molecule has 18 heavy (non-hydrogen) atoms. The number of amides is 1. The molecule has 1 aliphatic heterocycles. The van der Waals surface area contributed by atoms with Gasteiger partial charge < -0.3 is 10.6 Å². The van der Waals surface area contributed by atoms with E-state index in [4.69, 9.17) is 0 Å². The zero-order chi connectivity index (χ0) is 12.8. The van der Waals surface area contributed by atoms with Gasteiger partial charge in [0.15, 0.2) is 0 Å². The summed E-state index contributed by atoms with van der Waals surface area (Å²) in [6.45, 7) is 3.65.